The van der Waals surface area contributed by atoms with Crippen LogP contribution in [0.3, 0.4) is 0 Å². The number of halogens is 4. The summed E-state index contributed by atoms with van der Waals surface area (Å²) >= 11 is 6.70. The van der Waals surface area contributed by atoms with Crippen molar-refractivity contribution in [2.24, 2.45) is 0 Å². The molecule has 0 radical (unpaired) electrons. The standard InChI is InChI=1S/C15H13Br2F2N/c1-2-20-15(11-5-4-10(18)8-13(11)17)12-7-9(16)3-6-14(12)19/h3-8,15,20H,2H2,1H3. The number of rotatable bonds is 4. The van der Waals surface area contributed by atoms with E-state index >= 15 is 0 Å². The summed E-state index contributed by atoms with van der Waals surface area (Å²) in [5.41, 5.74) is 1.32. The highest BCUT2D eigenvalue weighted by molar-refractivity contribution is 9.10. The van der Waals surface area contributed by atoms with E-state index in [1.165, 1.54) is 18.2 Å². The smallest absolute Gasteiger partial charge is 0.128 e. The summed E-state index contributed by atoms with van der Waals surface area (Å²) in [5, 5.41) is 3.23. The molecule has 0 spiro atoms. The van der Waals surface area contributed by atoms with Crippen LogP contribution in [0, 0.1) is 11.6 Å². The largest absolute Gasteiger partial charge is 0.306 e. The predicted octanol–water partition coefficient (Wildman–Crippen LogP) is 5.19. The van der Waals surface area contributed by atoms with E-state index in [1.807, 2.05) is 6.92 Å². The second kappa shape index (κ2) is 6.78. The molecule has 1 nitrogen and oxygen atoms in total. The molecule has 0 aromatic heterocycles. The van der Waals surface area contributed by atoms with Crippen molar-refractivity contribution in [2.75, 3.05) is 6.54 Å². The Kier molecular flexibility index (Phi) is 5.29. The van der Waals surface area contributed by atoms with Gasteiger partial charge in [-0.15, -0.1) is 0 Å². The topological polar surface area (TPSA) is 12.0 Å². The van der Waals surface area contributed by atoms with Gasteiger partial charge in [-0.3, -0.25) is 0 Å². The summed E-state index contributed by atoms with van der Waals surface area (Å²) in [6.07, 6.45) is 0. The van der Waals surface area contributed by atoms with Gasteiger partial charge in [0.15, 0.2) is 0 Å². The first kappa shape index (κ1) is 15.6. The molecule has 1 unspecified atom stereocenters. The number of nitrogens with one attached hydrogen (secondary N) is 1. The normalized spacial score (nSPS) is 12.4. The van der Waals surface area contributed by atoms with Crippen LogP contribution in [0.15, 0.2) is 45.3 Å². The van der Waals surface area contributed by atoms with Crippen LogP contribution in [-0.4, -0.2) is 6.54 Å². The van der Waals surface area contributed by atoms with Crippen molar-refractivity contribution in [3.8, 4) is 0 Å². The highest BCUT2D eigenvalue weighted by Crippen LogP contribution is 2.32. The summed E-state index contributed by atoms with van der Waals surface area (Å²) in [6.45, 7) is 2.61. The average Bonchev–Trinajstić information content (AvgIpc) is 2.40. The van der Waals surface area contributed by atoms with Gasteiger partial charge in [0, 0.05) is 14.5 Å². The second-order valence-corrected chi connectivity index (χ2v) is 6.09. The van der Waals surface area contributed by atoms with Gasteiger partial charge in [0.1, 0.15) is 11.6 Å². The van der Waals surface area contributed by atoms with Gasteiger partial charge < -0.3 is 5.32 Å². The fourth-order valence-corrected chi connectivity index (χ4v) is 3.02. The minimum Gasteiger partial charge on any atom is -0.306 e. The van der Waals surface area contributed by atoms with E-state index in [2.05, 4.69) is 37.2 Å². The summed E-state index contributed by atoms with van der Waals surface area (Å²) in [7, 11) is 0. The summed E-state index contributed by atoms with van der Waals surface area (Å²) < 4.78 is 28.7. The Morgan fingerprint density at radius 1 is 1.05 bits per heavy atom. The molecular formula is C15H13Br2F2N. The van der Waals surface area contributed by atoms with Gasteiger partial charge >= 0.3 is 0 Å². The van der Waals surface area contributed by atoms with Crippen LogP contribution in [0.5, 0.6) is 0 Å². The molecule has 0 aliphatic heterocycles. The molecular weight excluding hydrogens is 392 g/mol. The van der Waals surface area contributed by atoms with E-state index in [0.717, 1.165) is 10.0 Å². The minimum absolute atomic E-state index is 0.296. The van der Waals surface area contributed by atoms with E-state index in [0.29, 0.717) is 16.6 Å². The van der Waals surface area contributed by atoms with Crippen LogP contribution >= 0.6 is 31.9 Å². The molecule has 0 amide bonds. The highest BCUT2D eigenvalue weighted by Gasteiger charge is 2.20. The SMILES string of the molecule is CCNC(c1cc(Br)ccc1F)c1ccc(F)cc1Br. The molecule has 0 saturated carbocycles. The fourth-order valence-electron chi connectivity index (χ4n) is 2.06. The molecule has 106 valence electrons. The van der Waals surface area contributed by atoms with Gasteiger partial charge in [-0.05, 0) is 42.4 Å². The van der Waals surface area contributed by atoms with Gasteiger partial charge in [0.2, 0.25) is 0 Å². The first-order valence-corrected chi connectivity index (χ1v) is 7.74. The van der Waals surface area contributed by atoms with Crippen LogP contribution in [0.25, 0.3) is 0 Å². The first-order chi connectivity index (χ1) is 9.52. The van der Waals surface area contributed by atoms with Gasteiger partial charge in [0.25, 0.3) is 0 Å². The second-order valence-electron chi connectivity index (χ2n) is 4.32. The summed E-state index contributed by atoms with van der Waals surface area (Å²) in [4.78, 5) is 0. The van der Waals surface area contributed by atoms with E-state index < -0.39 is 0 Å². The van der Waals surface area contributed by atoms with Crippen molar-refractivity contribution >= 4 is 31.9 Å². The Bertz CT molecular complexity index is 617. The number of hydrogen-bond acceptors (Lipinski definition) is 1. The average molecular weight is 405 g/mol. The van der Waals surface area contributed by atoms with Crippen molar-refractivity contribution in [3.63, 3.8) is 0 Å². The molecule has 0 aliphatic carbocycles. The molecule has 0 saturated heterocycles. The summed E-state index contributed by atoms with van der Waals surface area (Å²) in [5.74, 6) is -0.624. The highest BCUT2D eigenvalue weighted by atomic mass is 79.9. The van der Waals surface area contributed by atoms with Crippen molar-refractivity contribution in [1.29, 1.82) is 0 Å². The molecule has 0 bridgehead atoms. The van der Waals surface area contributed by atoms with E-state index in [1.54, 1.807) is 18.2 Å². The maximum Gasteiger partial charge on any atom is 0.128 e. The quantitative estimate of drug-likeness (QED) is 0.739. The number of benzene rings is 2. The minimum atomic E-state index is -0.340. The maximum absolute atomic E-state index is 14.1. The van der Waals surface area contributed by atoms with E-state index in [4.69, 9.17) is 0 Å². The monoisotopic (exact) mass is 403 g/mol. The van der Waals surface area contributed by atoms with Crippen LogP contribution in [-0.2, 0) is 0 Å². The zero-order chi connectivity index (χ0) is 14.7. The predicted molar refractivity (Wildman–Crippen MR) is 83.7 cm³/mol. The third kappa shape index (κ3) is 3.45. The summed E-state index contributed by atoms with van der Waals surface area (Å²) in [6, 6.07) is 8.89. The van der Waals surface area contributed by atoms with Crippen molar-refractivity contribution in [2.45, 2.75) is 13.0 Å². The third-order valence-electron chi connectivity index (χ3n) is 2.95. The lowest BCUT2D eigenvalue weighted by atomic mass is 9.98. The first-order valence-electron chi connectivity index (χ1n) is 6.16. The zero-order valence-corrected chi connectivity index (χ0v) is 13.9. The Morgan fingerprint density at radius 2 is 1.80 bits per heavy atom. The third-order valence-corrected chi connectivity index (χ3v) is 4.13. The Labute approximate surface area is 133 Å². The lowest BCUT2D eigenvalue weighted by Crippen LogP contribution is -2.23. The zero-order valence-electron chi connectivity index (χ0n) is 10.8. The molecule has 0 fully saturated rings. The van der Waals surface area contributed by atoms with E-state index in [-0.39, 0.29) is 17.7 Å². The molecule has 2 aromatic rings. The van der Waals surface area contributed by atoms with Crippen molar-refractivity contribution < 1.29 is 8.78 Å². The van der Waals surface area contributed by atoms with Gasteiger partial charge in [-0.25, -0.2) is 8.78 Å². The van der Waals surface area contributed by atoms with Gasteiger partial charge in [0.05, 0.1) is 6.04 Å². The molecule has 2 rings (SSSR count). The molecule has 1 N–H and O–H groups in total. The van der Waals surface area contributed by atoms with Crippen molar-refractivity contribution in [3.05, 3.63) is 68.1 Å². The van der Waals surface area contributed by atoms with E-state index in [9.17, 15) is 8.78 Å². The Balaban J connectivity index is 2.53. The fraction of sp³-hybridized carbons (Fsp3) is 0.200. The lowest BCUT2D eigenvalue weighted by Gasteiger charge is -2.21. The van der Waals surface area contributed by atoms with Gasteiger partial charge in [-0.2, -0.15) is 0 Å². The molecule has 0 heterocycles. The number of hydrogen-bond donors (Lipinski definition) is 1. The lowest BCUT2D eigenvalue weighted by molar-refractivity contribution is 0.556. The van der Waals surface area contributed by atoms with Crippen molar-refractivity contribution in [1.82, 2.24) is 5.32 Å². The van der Waals surface area contributed by atoms with Crippen LogP contribution in [0.4, 0.5) is 8.78 Å². The van der Waals surface area contributed by atoms with Crippen LogP contribution in [0.2, 0.25) is 0 Å². The maximum atomic E-state index is 14.1. The van der Waals surface area contributed by atoms with Crippen LogP contribution < -0.4 is 5.32 Å². The van der Waals surface area contributed by atoms with Crippen LogP contribution in [0.1, 0.15) is 24.1 Å². The molecule has 2 aromatic carbocycles. The molecule has 20 heavy (non-hydrogen) atoms. The Hall–Kier alpha value is -0.780. The molecule has 1 atom stereocenters. The molecule has 0 aliphatic rings. The molecule has 5 heteroatoms. The van der Waals surface area contributed by atoms with Gasteiger partial charge in [-0.1, -0.05) is 44.8 Å². The Morgan fingerprint density at radius 3 is 2.45 bits per heavy atom.